The predicted octanol–water partition coefficient (Wildman–Crippen LogP) is 2.78. The largest absolute Gasteiger partial charge is 0.445 e. The number of fused-ring (bicyclic) bond motifs is 1. The number of rotatable bonds is 4. The second kappa shape index (κ2) is 6.10. The highest BCUT2D eigenvalue weighted by atomic mass is 32.2. The van der Waals surface area contributed by atoms with Crippen LogP contribution in [0.5, 0.6) is 0 Å². The van der Waals surface area contributed by atoms with Crippen LogP contribution in [0.15, 0.2) is 30.3 Å². The maximum Gasteiger partial charge on any atom is 0.410 e. The standard InChI is InChI=1S/C16H19NO3S/c1-11(18)21-10-15-13-7-17(8-14(13)15)16(19)20-9-12-5-3-2-4-6-12/h2-6,13-15H,7-10H2,1H3/t13-,14+,15?. The topological polar surface area (TPSA) is 46.6 Å². The second-order valence-corrected chi connectivity index (χ2v) is 6.94. The zero-order chi connectivity index (χ0) is 14.8. The molecule has 21 heavy (non-hydrogen) atoms. The summed E-state index contributed by atoms with van der Waals surface area (Å²) in [7, 11) is 0. The van der Waals surface area contributed by atoms with E-state index in [1.807, 2.05) is 30.3 Å². The molecule has 1 heterocycles. The number of nitrogens with zero attached hydrogens (tertiary/aromatic N) is 1. The molecule has 1 aromatic rings. The van der Waals surface area contributed by atoms with E-state index >= 15 is 0 Å². The van der Waals surface area contributed by atoms with Gasteiger partial charge >= 0.3 is 6.09 Å². The highest BCUT2D eigenvalue weighted by molar-refractivity contribution is 8.13. The van der Waals surface area contributed by atoms with Crippen molar-refractivity contribution in [1.29, 1.82) is 0 Å². The van der Waals surface area contributed by atoms with Crippen molar-refractivity contribution in [3.05, 3.63) is 35.9 Å². The molecule has 2 fully saturated rings. The van der Waals surface area contributed by atoms with Crippen LogP contribution in [0.25, 0.3) is 0 Å². The smallest absolute Gasteiger partial charge is 0.410 e. The minimum atomic E-state index is -0.218. The minimum absolute atomic E-state index is 0.180. The zero-order valence-electron chi connectivity index (χ0n) is 12.0. The Balaban J connectivity index is 1.40. The monoisotopic (exact) mass is 305 g/mol. The maximum atomic E-state index is 12.0. The van der Waals surface area contributed by atoms with Gasteiger partial charge in [-0.1, -0.05) is 42.1 Å². The quantitative estimate of drug-likeness (QED) is 0.858. The van der Waals surface area contributed by atoms with Crippen LogP contribution in [0.3, 0.4) is 0 Å². The molecule has 0 N–H and O–H groups in total. The van der Waals surface area contributed by atoms with Crippen molar-refractivity contribution in [1.82, 2.24) is 4.90 Å². The third-order valence-electron chi connectivity index (χ3n) is 4.31. The van der Waals surface area contributed by atoms with Crippen molar-refractivity contribution >= 4 is 23.0 Å². The fourth-order valence-electron chi connectivity index (χ4n) is 3.07. The molecule has 0 radical (unpaired) electrons. The molecule has 2 aliphatic rings. The fraction of sp³-hybridized carbons (Fsp3) is 0.500. The molecule has 1 aromatic carbocycles. The van der Waals surface area contributed by atoms with Gasteiger partial charge in [0.1, 0.15) is 6.61 Å². The van der Waals surface area contributed by atoms with Gasteiger partial charge in [-0.25, -0.2) is 4.79 Å². The van der Waals surface area contributed by atoms with Crippen LogP contribution in [0, 0.1) is 17.8 Å². The first-order valence-corrected chi connectivity index (χ1v) is 8.22. The van der Waals surface area contributed by atoms with Gasteiger partial charge in [0.2, 0.25) is 0 Å². The Morgan fingerprint density at radius 1 is 1.24 bits per heavy atom. The molecule has 0 aromatic heterocycles. The molecule has 4 nitrogen and oxygen atoms in total. The summed E-state index contributed by atoms with van der Waals surface area (Å²) < 4.78 is 5.34. The van der Waals surface area contributed by atoms with Crippen molar-refractivity contribution in [2.75, 3.05) is 18.8 Å². The zero-order valence-corrected chi connectivity index (χ0v) is 12.8. The molecule has 5 heteroatoms. The first-order chi connectivity index (χ1) is 10.1. The highest BCUT2D eigenvalue weighted by Crippen LogP contribution is 2.53. The third-order valence-corrected chi connectivity index (χ3v) is 5.27. The summed E-state index contributed by atoms with van der Waals surface area (Å²) in [5.74, 6) is 2.65. The predicted molar refractivity (Wildman–Crippen MR) is 81.8 cm³/mol. The number of hydrogen-bond acceptors (Lipinski definition) is 4. The lowest BCUT2D eigenvalue weighted by atomic mass is 10.2. The van der Waals surface area contributed by atoms with Gasteiger partial charge in [0, 0.05) is 25.8 Å². The summed E-state index contributed by atoms with van der Waals surface area (Å²) in [6.07, 6.45) is -0.218. The number of carbonyl (C=O) groups excluding carboxylic acids is 2. The van der Waals surface area contributed by atoms with Gasteiger partial charge in [-0.15, -0.1) is 0 Å². The van der Waals surface area contributed by atoms with E-state index < -0.39 is 0 Å². The Morgan fingerprint density at radius 2 is 1.90 bits per heavy atom. The lowest BCUT2D eigenvalue weighted by Gasteiger charge is -2.19. The number of benzene rings is 1. The van der Waals surface area contributed by atoms with Gasteiger partial charge < -0.3 is 9.64 Å². The van der Waals surface area contributed by atoms with E-state index in [1.54, 1.807) is 11.8 Å². The molecule has 1 amide bonds. The van der Waals surface area contributed by atoms with Crippen molar-refractivity contribution in [3.63, 3.8) is 0 Å². The fourth-order valence-corrected chi connectivity index (χ4v) is 3.99. The van der Waals surface area contributed by atoms with E-state index in [0.29, 0.717) is 24.4 Å². The summed E-state index contributed by atoms with van der Waals surface area (Å²) in [4.78, 5) is 24.8. The number of likely N-dealkylation sites (tertiary alicyclic amines) is 1. The Kier molecular flexibility index (Phi) is 4.19. The molecule has 112 valence electrons. The number of carbonyl (C=O) groups is 2. The van der Waals surface area contributed by atoms with Crippen LogP contribution in [0.4, 0.5) is 4.79 Å². The Morgan fingerprint density at radius 3 is 2.52 bits per heavy atom. The second-order valence-electron chi connectivity index (χ2n) is 5.74. The van der Waals surface area contributed by atoms with Gasteiger partial charge in [0.25, 0.3) is 0 Å². The first kappa shape index (κ1) is 14.4. The summed E-state index contributed by atoms with van der Waals surface area (Å²) in [6, 6.07) is 9.71. The number of hydrogen-bond donors (Lipinski definition) is 0. The van der Waals surface area contributed by atoms with Gasteiger partial charge in [-0.3, -0.25) is 4.79 Å². The molecular weight excluding hydrogens is 286 g/mol. The van der Waals surface area contributed by atoms with Crippen molar-refractivity contribution in [2.24, 2.45) is 17.8 Å². The van der Waals surface area contributed by atoms with E-state index in [0.717, 1.165) is 24.4 Å². The molecular formula is C16H19NO3S. The summed E-state index contributed by atoms with van der Waals surface area (Å²) >= 11 is 1.40. The Hall–Kier alpha value is -1.49. The number of ether oxygens (including phenoxy) is 1. The SMILES string of the molecule is CC(=O)SCC1[C@H]2CN(C(=O)OCc3ccccc3)C[C@@H]12. The molecule has 1 aliphatic heterocycles. The van der Waals surface area contributed by atoms with Gasteiger partial charge in [0.05, 0.1) is 0 Å². The van der Waals surface area contributed by atoms with E-state index in [1.165, 1.54) is 11.8 Å². The third kappa shape index (κ3) is 3.40. The first-order valence-electron chi connectivity index (χ1n) is 7.24. The van der Waals surface area contributed by atoms with Crippen LogP contribution >= 0.6 is 11.8 Å². The molecule has 1 saturated heterocycles. The van der Waals surface area contributed by atoms with Gasteiger partial charge in [-0.05, 0) is 23.3 Å². The average Bonchev–Trinajstić information content (AvgIpc) is 2.93. The number of amides is 1. The van der Waals surface area contributed by atoms with Crippen LogP contribution in [0.2, 0.25) is 0 Å². The van der Waals surface area contributed by atoms with Crippen LogP contribution < -0.4 is 0 Å². The summed E-state index contributed by atoms with van der Waals surface area (Å²) in [5.41, 5.74) is 1.01. The molecule has 1 aliphatic carbocycles. The highest BCUT2D eigenvalue weighted by Gasteiger charge is 2.56. The summed E-state index contributed by atoms with van der Waals surface area (Å²) in [5, 5.41) is 0.180. The number of piperidine rings is 1. The van der Waals surface area contributed by atoms with Crippen molar-refractivity contribution in [3.8, 4) is 0 Å². The van der Waals surface area contributed by atoms with Crippen LogP contribution in [0.1, 0.15) is 12.5 Å². The normalized spacial score (nSPS) is 26.3. The van der Waals surface area contributed by atoms with E-state index in [9.17, 15) is 9.59 Å². The van der Waals surface area contributed by atoms with Gasteiger partial charge in [-0.2, -0.15) is 0 Å². The molecule has 3 atom stereocenters. The summed E-state index contributed by atoms with van der Waals surface area (Å²) in [6.45, 7) is 3.49. The molecule has 1 unspecified atom stereocenters. The lowest BCUT2D eigenvalue weighted by Crippen LogP contribution is -2.32. The van der Waals surface area contributed by atoms with Crippen LogP contribution in [-0.4, -0.2) is 35.0 Å². The minimum Gasteiger partial charge on any atom is -0.445 e. The average molecular weight is 305 g/mol. The Bertz CT molecular complexity index is 522. The van der Waals surface area contributed by atoms with Crippen LogP contribution in [-0.2, 0) is 16.1 Å². The number of thioether (sulfide) groups is 1. The van der Waals surface area contributed by atoms with E-state index in [-0.39, 0.29) is 11.2 Å². The van der Waals surface area contributed by atoms with Crippen molar-refractivity contribution in [2.45, 2.75) is 13.5 Å². The van der Waals surface area contributed by atoms with Gasteiger partial charge in [0.15, 0.2) is 5.12 Å². The lowest BCUT2D eigenvalue weighted by molar-refractivity contribution is -0.109. The Labute approximate surface area is 128 Å². The maximum absolute atomic E-state index is 12.0. The molecule has 0 bridgehead atoms. The molecule has 0 spiro atoms. The van der Waals surface area contributed by atoms with E-state index in [4.69, 9.17) is 4.74 Å². The molecule has 1 saturated carbocycles. The molecule has 3 rings (SSSR count). The van der Waals surface area contributed by atoms with Crippen molar-refractivity contribution < 1.29 is 14.3 Å². The van der Waals surface area contributed by atoms with E-state index in [2.05, 4.69) is 0 Å².